The van der Waals surface area contributed by atoms with Gasteiger partial charge in [0, 0.05) is 20.6 Å². The average molecular weight is 356 g/mol. The number of carbonyl (C=O) groups is 3. The fraction of sp³-hybridized carbons (Fsp3) is 0.421. The first-order chi connectivity index (χ1) is 12.3. The smallest absolute Gasteiger partial charge is 0.322 e. The second-order valence-electron chi connectivity index (χ2n) is 6.78. The number of urea groups is 1. The Morgan fingerprint density at radius 1 is 1.27 bits per heavy atom. The van der Waals surface area contributed by atoms with E-state index in [0.29, 0.717) is 17.8 Å². The molecule has 26 heavy (non-hydrogen) atoms. The summed E-state index contributed by atoms with van der Waals surface area (Å²) < 4.78 is 0. The minimum atomic E-state index is -0.495. The number of carbonyl (C=O) groups excluding carboxylic acids is 3. The number of nitrogens with zero attached hydrogens (tertiary/aromatic N) is 3. The zero-order valence-corrected chi connectivity index (χ0v) is 15.6. The van der Waals surface area contributed by atoms with E-state index in [1.54, 1.807) is 19.0 Å². The summed E-state index contributed by atoms with van der Waals surface area (Å²) in [6, 6.07) is 7.00. The van der Waals surface area contributed by atoms with Gasteiger partial charge in [-0.2, -0.15) is 0 Å². The number of aryl methyl sites for hydroxylation is 1. The van der Waals surface area contributed by atoms with E-state index < -0.39 is 6.04 Å². The van der Waals surface area contributed by atoms with Gasteiger partial charge in [0.15, 0.2) is 0 Å². The Hall–Kier alpha value is -2.83. The molecule has 1 N–H and O–H groups in total. The van der Waals surface area contributed by atoms with Crippen molar-refractivity contribution in [1.29, 1.82) is 0 Å². The number of benzene rings is 1. The summed E-state index contributed by atoms with van der Waals surface area (Å²) >= 11 is 0. The van der Waals surface area contributed by atoms with Crippen LogP contribution in [0.4, 0.5) is 4.79 Å². The monoisotopic (exact) mass is 356 g/mol. The molecule has 3 rings (SSSR count). The Bertz CT molecular complexity index is 784. The molecule has 1 unspecified atom stereocenters. The van der Waals surface area contributed by atoms with Crippen LogP contribution in [0, 0.1) is 6.92 Å². The minimum Gasteiger partial charge on any atom is -0.345 e. The van der Waals surface area contributed by atoms with E-state index in [4.69, 9.17) is 0 Å². The quantitative estimate of drug-likeness (QED) is 0.883. The Balaban J connectivity index is 1.91. The van der Waals surface area contributed by atoms with Crippen molar-refractivity contribution in [3.8, 4) is 0 Å². The summed E-state index contributed by atoms with van der Waals surface area (Å²) in [6.07, 6.45) is 0. The maximum atomic E-state index is 13.0. The molecular formula is C19H24N4O3. The highest BCUT2D eigenvalue weighted by Gasteiger charge is 2.43. The van der Waals surface area contributed by atoms with Gasteiger partial charge in [0.25, 0.3) is 5.91 Å². The van der Waals surface area contributed by atoms with E-state index in [0.717, 1.165) is 11.1 Å². The largest absolute Gasteiger partial charge is 0.345 e. The maximum Gasteiger partial charge on any atom is 0.322 e. The van der Waals surface area contributed by atoms with Crippen molar-refractivity contribution >= 4 is 17.8 Å². The minimum absolute atomic E-state index is 0.0127. The predicted molar refractivity (Wildman–Crippen MR) is 97.1 cm³/mol. The van der Waals surface area contributed by atoms with Crippen LogP contribution in [0.25, 0.3) is 0 Å². The molecule has 0 radical (unpaired) electrons. The molecule has 2 aliphatic rings. The maximum absolute atomic E-state index is 13.0. The third kappa shape index (κ3) is 3.05. The highest BCUT2D eigenvalue weighted by Crippen LogP contribution is 2.35. The zero-order valence-electron chi connectivity index (χ0n) is 15.6. The van der Waals surface area contributed by atoms with Crippen molar-refractivity contribution in [2.45, 2.75) is 19.9 Å². The number of nitrogens with one attached hydrogen (secondary N) is 1. The van der Waals surface area contributed by atoms with Crippen LogP contribution in [-0.4, -0.2) is 66.3 Å². The van der Waals surface area contributed by atoms with Gasteiger partial charge >= 0.3 is 6.03 Å². The normalized spacial score (nSPS) is 19.6. The Kier molecular flexibility index (Phi) is 4.71. The molecule has 7 heteroatoms. The van der Waals surface area contributed by atoms with Crippen LogP contribution in [0.1, 0.15) is 24.1 Å². The Labute approximate surface area is 153 Å². The fourth-order valence-electron chi connectivity index (χ4n) is 3.22. The summed E-state index contributed by atoms with van der Waals surface area (Å²) in [4.78, 5) is 42.1. The lowest BCUT2D eigenvalue weighted by Gasteiger charge is -2.31. The molecule has 0 saturated heterocycles. The van der Waals surface area contributed by atoms with Crippen molar-refractivity contribution in [2.24, 2.45) is 0 Å². The lowest BCUT2D eigenvalue weighted by molar-refractivity contribution is -0.136. The highest BCUT2D eigenvalue weighted by molar-refractivity contribution is 6.02. The van der Waals surface area contributed by atoms with E-state index in [9.17, 15) is 14.4 Å². The van der Waals surface area contributed by atoms with Gasteiger partial charge in [-0.05, 0) is 19.4 Å². The Morgan fingerprint density at radius 3 is 2.54 bits per heavy atom. The van der Waals surface area contributed by atoms with Gasteiger partial charge in [-0.15, -0.1) is 0 Å². The molecule has 2 aliphatic heterocycles. The van der Waals surface area contributed by atoms with Crippen LogP contribution in [0.5, 0.6) is 0 Å². The molecule has 0 saturated carbocycles. The molecule has 0 aliphatic carbocycles. The standard InChI is InChI=1S/C19H24N4O3/c1-5-21(3)15(24)11-23-10-14-16(18(23)25)17(20-19(26)22(14)4)13-8-6-12(2)7-9-13/h6-9,17H,5,10-11H2,1-4H3,(H,20,26). The number of hydrogen-bond donors (Lipinski definition) is 1. The third-order valence-corrected chi connectivity index (χ3v) is 5.07. The van der Waals surface area contributed by atoms with Gasteiger partial charge in [0.05, 0.1) is 23.9 Å². The Morgan fingerprint density at radius 2 is 1.92 bits per heavy atom. The lowest BCUT2D eigenvalue weighted by atomic mass is 9.95. The first-order valence-corrected chi connectivity index (χ1v) is 8.70. The van der Waals surface area contributed by atoms with Crippen molar-refractivity contribution in [3.05, 3.63) is 46.7 Å². The zero-order chi connectivity index (χ0) is 19.0. The fourth-order valence-corrected chi connectivity index (χ4v) is 3.22. The number of likely N-dealkylation sites (N-methyl/N-ethyl adjacent to an activating group) is 2. The van der Waals surface area contributed by atoms with Gasteiger partial charge in [-0.3, -0.25) is 14.5 Å². The molecule has 0 fully saturated rings. The molecule has 1 aromatic carbocycles. The van der Waals surface area contributed by atoms with Crippen molar-refractivity contribution in [2.75, 3.05) is 33.7 Å². The second-order valence-corrected chi connectivity index (χ2v) is 6.78. The lowest BCUT2D eigenvalue weighted by Crippen LogP contribution is -2.45. The van der Waals surface area contributed by atoms with Crippen LogP contribution in [0.15, 0.2) is 35.5 Å². The number of amides is 4. The van der Waals surface area contributed by atoms with E-state index >= 15 is 0 Å². The van der Waals surface area contributed by atoms with Crippen molar-refractivity contribution in [3.63, 3.8) is 0 Å². The first kappa shape index (κ1) is 18.0. The molecule has 0 spiro atoms. The average Bonchev–Trinajstić information content (AvgIpc) is 2.95. The highest BCUT2D eigenvalue weighted by atomic mass is 16.2. The summed E-state index contributed by atoms with van der Waals surface area (Å²) in [7, 11) is 3.36. The summed E-state index contributed by atoms with van der Waals surface area (Å²) in [6.45, 7) is 4.74. The molecule has 1 atom stereocenters. The van der Waals surface area contributed by atoms with Gasteiger partial charge in [0.1, 0.15) is 6.54 Å². The van der Waals surface area contributed by atoms with Gasteiger partial charge < -0.3 is 15.1 Å². The van der Waals surface area contributed by atoms with Crippen molar-refractivity contribution < 1.29 is 14.4 Å². The van der Waals surface area contributed by atoms with Crippen LogP contribution >= 0.6 is 0 Å². The second kappa shape index (κ2) is 6.82. The summed E-state index contributed by atoms with van der Waals surface area (Å²) in [5.41, 5.74) is 3.17. The molecule has 0 bridgehead atoms. The molecule has 1 aromatic rings. The summed E-state index contributed by atoms with van der Waals surface area (Å²) in [5, 5.41) is 2.90. The number of hydrogen-bond acceptors (Lipinski definition) is 3. The van der Waals surface area contributed by atoms with E-state index in [2.05, 4.69) is 5.32 Å². The molecule has 0 aromatic heterocycles. The van der Waals surface area contributed by atoms with Gasteiger partial charge in [-0.1, -0.05) is 29.8 Å². The van der Waals surface area contributed by atoms with Crippen LogP contribution in [0.2, 0.25) is 0 Å². The number of rotatable bonds is 4. The molecule has 138 valence electrons. The van der Waals surface area contributed by atoms with E-state index in [-0.39, 0.29) is 30.9 Å². The molecule has 4 amide bonds. The topological polar surface area (TPSA) is 73.0 Å². The SMILES string of the molecule is CCN(C)C(=O)CN1CC2=C(C1=O)C(c1ccc(C)cc1)NC(=O)N2C. The predicted octanol–water partition coefficient (Wildman–Crippen LogP) is 1.27. The summed E-state index contributed by atoms with van der Waals surface area (Å²) in [5.74, 6) is -0.315. The molecular weight excluding hydrogens is 332 g/mol. The molecule has 7 nitrogen and oxygen atoms in total. The molecule has 2 heterocycles. The van der Waals surface area contributed by atoms with E-state index in [1.165, 1.54) is 9.80 Å². The van der Waals surface area contributed by atoms with Crippen LogP contribution < -0.4 is 5.32 Å². The van der Waals surface area contributed by atoms with Crippen LogP contribution in [0.3, 0.4) is 0 Å². The third-order valence-electron chi connectivity index (χ3n) is 5.07. The van der Waals surface area contributed by atoms with Crippen LogP contribution in [-0.2, 0) is 9.59 Å². The first-order valence-electron chi connectivity index (χ1n) is 8.70. The van der Waals surface area contributed by atoms with Gasteiger partial charge in [-0.25, -0.2) is 4.79 Å². The van der Waals surface area contributed by atoms with Crippen molar-refractivity contribution in [1.82, 2.24) is 20.0 Å². The van der Waals surface area contributed by atoms with E-state index in [1.807, 2.05) is 38.1 Å². The van der Waals surface area contributed by atoms with Gasteiger partial charge in [0.2, 0.25) is 5.91 Å².